The number of para-hydroxylation sites is 1. The van der Waals surface area contributed by atoms with Crippen LogP contribution in [0.4, 0.5) is 5.13 Å². The van der Waals surface area contributed by atoms with Crippen LogP contribution in [0.5, 0.6) is 0 Å². The van der Waals surface area contributed by atoms with E-state index in [2.05, 4.69) is 10.3 Å². The fourth-order valence-electron chi connectivity index (χ4n) is 3.48. The molecule has 0 aliphatic rings. The first-order chi connectivity index (χ1) is 14.0. The first kappa shape index (κ1) is 19.1. The van der Waals surface area contributed by atoms with Gasteiger partial charge in [-0.25, -0.2) is 4.98 Å². The van der Waals surface area contributed by atoms with Crippen molar-refractivity contribution < 1.29 is 4.79 Å². The minimum Gasteiger partial charge on any atom is -0.307 e. The van der Waals surface area contributed by atoms with E-state index in [1.807, 2.05) is 67.8 Å². The molecular weight excluding hydrogens is 382 g/mol. The third-order valence-corrected chi connectivity index (χ3v) is 5.68. The van der Waals surface area contributed by atoms with Gasteiger partial charge in [-0.1, -0.05) is 48.5 Å². The Kier molecular flexibility index (Phi) is 5.27. The van der Waals surface area contributed by atoms with Crippen molar-refractivity contribution in [3.63, 3.8) is 0 Å². The van der Waals surface area contributed by atoms with E-state index in [4.69, 9.17) is 0 Å². The second kappa shape index (κ2) is 8.01. The molecule has 2 aromatic carbocycles. The van der Waals surface area contributed by atoms with Crippen LogP contribution in [0.1, 0.15) is 17.5 Å². The zero-order chi connectivity index (χ0) is 20.4. The van der Waals surface area contributed by atoms with Crippen molar-refractivity contribution in [1.82, 2.24) is 9.55 Å². The normalized spacial score (nSPS) is 11.0. The number of carbonyl (C=O) groups excluding carboxylic acids is 1. The summed E-state index contributed by atoms with van der Waals surface area (Å²) in [6, 6.07) is 17.4. The predicted octanol–water partition coefficient (Wildman–Crippen LogP) is 4.77. The molecule has 0 fully saturated rings. The minimum atomic E-state index is -0.159. The molecule has 2 aromatic heterocycles. The molecule has 1 amide bonds. The molecule has 29 heavy (non-hydrogen) atoms. The first-order valence-electron chi connectivity index (χ1n) is 9.43. The highest BCUT2D eigenvalue weighted by molar-refractivity contribution is 7.14. The van der Waals surface area contributed by atoms with Gasteiger partial charge in [0.25, 0.3) is 5.56 Å². The van der Waals surface area contributed by atoms with Gasteiger partial charge in [0.1, 0.15) is 0 Å². The molecule has 5 nitrogen and oxygen atoms in total. The highest BCUT2D eigenvalue weighted by Crippen LogP contribution is 2.25. The topological polar surface area (TPSA) is 64.0 Å². The SMILES string of the molecule is Cc1cc(=O)n(CCC(=O)Nc2nc(-c3ccccc3)cs2)c2c(C)cccc12. The van der Waals surface area contributed by atoms with E-state index in [0.717, 1.165) is 33.3 Å². The Bertz CT molecular complexity index is 1240. The van der Waals surface area contributed by atoms with Crippen molar-refractivity contribution in [3.05, 3.63) is 81.5 Å². The molecule has 0 aliphatic heterocycles. The van der Waals surface area contributed by atoms with E-state index < -0.39 is 0 Å². The summed E-state index contributed by atoms with van der Waals surface area (Å²) < 4.78 is 1.69. The third-order valence-electron chi connectivity index (χ3n) is 4.92. The standard InChI is InChI=1S/C23H21N3O2S/c1-15-7-6-10-18-16(2)13-21(28)26(22(15)18)12-11-20(27)25-23-24-19(14-29-23)17-8-4-3-5-9-17/h3-10,13-14H,11-12H2,1-2H3,(H,24,25,27). The summed E-state index contributed by atoms with van der Waals surface area (Å²) in [5, 5.41) is 6.37. The summed E-state index contributed by atoms with van der Waals surface area (Å²) >= 11 is 1.39. The number of thiazole rings is 1. The van der Waals surface area contributed by atoms with Crippen molar-refractivity contribution in [2.75, 3.05) is 5.32 Å². The summed E-state index contributed by atoms with van der Waals surface area (Å²) in [6.45, 7) is 4.24. The lowest BCUT2D eigenvalue weighted by molar-refractivity contribution is -0.116. The first-order valence-corrected chi connectivity index (χ1v) is 10.3. The van der Waals surface area contributed by atoms with E-state index in [0.29, 0.717) is 11.7 Å². The van der Waals surface area contributed by atoms with Crippen LogP contribution in [0.3, 0.4) is 0 Å². The smallest absolute Gasteiger partial charge is 0.251 e. The van der Waals surface area contributed by atoms with E-state index >= 15 is 0 Å². The van der Waals surface area contributed by atoms with Gasteiger partial charge in [-0.3, -0.25) is 9.59 Å². The minimum absolute atomic E-state index is 0.0855. The molecule has 0 unspecified atom stereocenters. The molecule has 4 rings (SSSR count). The molecule has 0 saturated carbocycles. The number of hydrogen-bond donors (Lipinski definition) is 1. The van der Waals surface area contributed by atoms with Crippen LogP contribution in [0.2, 0.25) is 0 Å². The molecule has 4 aromatic rings. The van der Waals surface area contributed by atoms with Crippen LogP contribution in [0, 0.1) is 13.8 Å². The molecule has 0 aliphatic carbocycles. The number of amides is 1. The second-order valence-corrected chi connectivity index (χ2v) is 7.85. The largest absolute Gasteiger partial charge is 0.307 e. The zero-order valence-electron chi connectivity index (χ0n) is 16.3. The zero-order valence-corrected chi connectivity index (χ0v) is 17.1. The molecule has 6 heteroatoms. The van der Waals surface area contributed by atoms with Crippen molar-refractivity contribution in [2.45, 2.75) is 26.8 Å². The average Bonchev–Trinajstić information content (AvgIpc) is 3.17. The van der Waals surface area contributed by atoms with Gasteiger partial charge in [-0.2, -0.15) is 0 Å². The Morgan fingerprint density at radius 1 is 1.07 bits per heavy atom. The van der Waals surface area contributed by atoms with Gasteiger partial charge in [0.15, 0.2) is 5.13 Å². The average molecular weight is 404 g/mol. The Labute approximate surface area is 172 Å². The fraction of sp³-hybridized carbons (Fsp3) is 0.174. The summed E-state index contributed by atoms with van der Waals surface area (Å²) in [6.07, 6.45) is 0.201. The molecule has 0 bridgehead atoms. The van der Waals surface area contributed by atoms with E-state index in [1.165, 1.54) is 11.3 Å². The summed E-state index contributed by atoms with van der Waals surface area (Å²) in [5.74, 6) is -0.159. The number of hydrogen-bond acceptors (Lipinski definition) is 4. The van der Waals surface area contributed by atoms with E-state index in [1.54, 1.807) is 10.6 Å². The number of aromatic nitrogens is 2. The van der Waals surface area contributed by atoms with Gasteiger partial charge in [0.05, 0.1) is 11.2 Å². The lowest BCUT2D eigenvalue weighted by atomic mass is 10.1. The van der Waals surface area contributed by atoms with Gasteiger partial charge in [-0.05, 0) is 25.0 Å². The van der Waals surface area contributed by atoms with Crippen molar-refractivity contribution >= 4 is 33.3 Å². The van der Waals surface area contributed by atoms with Crippen molar-refractivity contribution in [1.29, 1.82) is 0 Å². The van der Waals surface area contributed by atoms with Crippen LogP contribution in [-0.4, -0.2) is 15.5 Å². The Hall–Kier alpha value is -3.25. The fourth-order valence-corrected chi connectivity index (χ4v) is 4.21. The van der Waals surface area contributed by atoms with Crippen LogP contribution >= 0.6 is 11.3 Å². The molecule has 146 valence electrons. The lowest BCUT2D eigenvalue weighted by Gasteiger charge is -2.14. The maximum atomic E-state index is 12.6. The molecule has 0 spiro atoms. The van der Waals surface area contributed by atoms with Gasteiger partial charge < -0.3 is 9.88 Å². The number of fused-ring (bicyclic) bond motifs is 1. The van der Waals surface area contributed by atoms with Crippen LogP contribution < -0.4 is 10.9 Å². The summed E-state index contributed by atoms with van der Waals surface area (Å²) in [4.78, 5) is 29.5. The highest BCUT2D eigenvalue weighted by Gasteiger charge is 2.12. The Balaban J connectivity index is 1.50. The maximum absolute atomic E-state index is 12.6. The summed E-state index contributed by atoms with van der Waals surface area (Å²) in [7, 11) is 0. The lowest BCUT2D eigenvalue weighted by Crippen LogP contribution is -2.24. The highest BCUT2D eigenvalue weighted by atomic mass is 32.1. The van der Waals surface area contributed by atoms with Crippen molar-refractivity contribution in [3.8, 4) is 11.3 Å². The van der Waals surface area contributed by atoms with Crippen LogP contribution in [0.15, 0.2) is 64.8 Å². The number of nitrogens with zero attached hydrogens (tertiary/aromatic N) is 2. The van der Waals surface area contributed by atoms with Crippen molar-refractivity contribution in [2.24, 2.45) is 0 Å². The predicted molar refractivity (Wildman–Crippen MR) is 118 cm³/mol. The number of anilines is 1. The molecule has 0 atom stereocenters. The third kappa shape index (κ3) is 3.98. The number of rotatable bonds is 5. The molecular formula is C23H21N3O2S. The molecule has 2 heterocycles. The molecule has 0 saturated heterocycles. The molecule has 0 radical (unpaired) electrons. The van der Waals surface area contributed by atoms with Gasteiger partial charge >= 0.3 is 0 Å². The van der Waals surface area contributed by atoms with Gasteiger partial charge in [0.2, 0.25) is 5.91 Å². The van der Waals surface area contributed by atoms with E-state index in [-0.39, 0.29) is 17.9 Å². The maximum Gasteiger partial charge on any atom is 0.251 e. The summed E-state index contributed by atoms with van der Waals surface area (Å²) in [5.41, 5.74) is 4.63. The number of benzene rings is 2. The Morgan fingerprint density at radius 2 is 1.86 bits per heavy atom. The number of aryl methyl sites for hydroxylation is 3. The van der Waals surface area contributed by atoms with Crippen LogP contribution in [-0.2, 0) is 11.3 Å². The van der Waals surface area contributed by atoms with E-state index in [9.17, 15) is 9.59 Å². The van der Waals surface area contributed by atoms with Crippen LogP contribution in [0.25, 0.3) is 22.2 Å². The monoisotopic (exact) mass is 403 g/mol. The van der Waals surface area contributed by atoms with Gasteiger partial charge in [0, 0.05) is 35.4 Å². The Morgan fingerprint density at radius 3 is 2.66 bits per heavy atom. The quantitative estimate of drug-likeness (QED) is 0.522. The number of nitrogens with one attached hydrogen (secondary N) is 1. The number of carbonyl (C=O) groups is 1. The van der Waals surface area contributed by atoms with Gasteiger partial charge in [-0.15, -0.1) is 11.3 Å². The molecule has 1 N–H and O–H groups in total. The number of pyridine rings is 1. The second-order valence-electron chi connectivity index (χ2n) is 6.99.